The topological polar surface area (TPSA) is 58.4 Å². The molecule has 1 aliphatic rings. The van der Waals surface area contributed by atoms with E-state index in [0.29, 0.717) is 22.5 Å². The van der Waals surface area contributed by atoms with Crippen LogP contribution in [0.1, 0.15) is 36.5 Å². The van der Waals surface area contributed by atoms with Gasteiger partial charge in [-0.25, -0.2) is 0 Å². The van der Waals surface area contributed by atoms with Crippen molar-refractivity contribution in [1.82, 2.24) is 4.90 Å². The Labute approximate surface area is 131 Å². The lowest BCUT2D eigenvalue weighted by atomic mass is 10.1. The van der Waals surface area contributed by atoms with Gasteiger partial charge in [-0.05, 0) is 36.8 Å². The molecule has 2 atom stereocenters. The molecule has 1 fully saturated rings. The molecule has 1 aromatic rings. The smallest absolute Gasteiger partial charge is 0.253 e. The van der Waals surface area contributed by atoms with Crippen molar-refractivity contribution in [1.29, 1.82) is 0 Å². The van der Waals surface area contributed by atoms with Gasteiger partial charge in [0.05, 0.1) is 11.4 Å². The highest BCUT2D eigenvalue weighted by atomic mass is 32.2. The molecule has 0 saturated heterocycles. The normalized spacial score (nSPS) is 21.3. The first-order valence-corrected chi connectivity index (χ1v) is 8.57. The zero-order chi connectivity index (χ0) is 15.4. The Morgan fingerprint density at radius 2 is 2.19 bits per heavy atom. The number of rotatable bonds is 5. The van der Waals surface area contributed by atoms with E-state index in [4.69, 9.17) is 5.73 Å². The minimum atomic E-state index is 0.00366. The predicted octanol–water partition coefficient (Wildman–Crippen LogP) is 3.06. The Morgan fingerprint density at radius 1 is 1.43 bits per heavy atom. The molecule has 116 valence electrons. The third kappa shape index (κ3) is 3.84. The number of carbonyl (C=O) groups is 1. The zero-order valence-electron chi connectivity index (χ0n) is 13.1. The summed E-state index contributed by atoms with van der Waals surface area (Å²) in [7, 11) is 3.52. The molecule has 0 bridgehead atoms. The molecule has 4 nitrogen and oxygen atoms in total. The van der Waals surface area contributed by atoms with Gasteiger partial charge >= 0.3 is 0 Å². The van der Waals surface area contributed by atoms with Gasteiger partial charge in [0.1, 0.15) is 0 Å². The fourth-order valence-corrected chi connectivity index (χ4v) is 3.97. The quantitative estimate of drug-likeness (QED) is 0.821. The number of nitrogen functional groups attached to an aromatic ring is 1. The fraction of sp³-hybridized carbons (Fsp3) is 0.562. The number of hydrogen-bond acceptors (Lipinski definition) is 4. The van der Waals surface area contributed by atoms with Crippen LogP contribution in [-0.4, -0.2) is 41.9 Å². The molecule has 1 aliphatic carbocycles. The number of nitrogens with zero attached hydrogens (tertiary/aromatic N) is 1. The number of nitrogens with one attached hydrogen (secondary N) is 1. The molecule has 0 heterocycles. The molecule has 0 aromatic heterocycles. The van der Waals surface area contributed by atoms with Crippen molar-refractivity contribution in [2.75, 3.05) is 30.9 Å². The van der Waals surface area contributed by atoms with Crippen LogP contribution < -0.4 is 11.1 Å². The number of nitrogens with two attached hydrogens (primary N) is 1. The molecular formula is C16H25N3OS. The number of thioether (sulfide) groups is 1. The first kappa shape index (κ1) is 16.0. The second kappa shape index (κ2) is 7.07. The monoisotopic (exact) mass is 307 g/mol. The molecule has 1 aromatic carbocycles. The minimum absolute atomic E-state index is 0.00366. The third-order valence-electron chi connectivity index (χ3n) is 3.88. The Bertz CT molecular complexity index is 504. The van der Waals surface area contributed by atoms with Crippen LogP contribution in [-0.2, 0) is 0 Å². The van der Waals surface area contributed by atoms with E-state index in [1.807, 2.05) is 23.9 Å². The van der Waals surface area contributed by atoms with E-state index in [0.717, 1.165) is 11.4 Å². The van der Waals surface area contributed by atoms with E-state index in [1.165, 1.54) is 19.3 Å². The Morgan fingerprint density at radius 3 is 2.86 bits per heavy atom. The van der Waals surface area contributed by atoms with Gasteiger partial charge in [0.2, 0.25) is 0 Å². The van der Waals surface area contributed by atoms with Gasteiger partial charge in [0, 0.05) is 31.0 Å². The summed E-state index contributed by atoms with van der Waals surface area (Å²) in [5.74, 6) is 1.14. The standard InChI is InChI=1S/C16H25N3OS/c1-4-21-15-7-5-6-13(15)18-14-10-11(8-9-12(14)17)16(20)19(2)3/h8-10,13,15,18H,4-7,17H2,1-3H3. The minimum Gasteiger partial charge on any atom is -0.397 e. The van der Waals surface area contributed by atoms with Gasteiger partial charge in [-0.1, -0.05) is 13.3 Å². The van der Waals surface area contributed by atoms with Gasteiger partial charge in [-0.3, -0.25) is 4.79 Å². The molecule has 1 saturated carbocycles. The average molecular weight is 307 g/mol. The first-order chi connectivity index (χ1) is 10.0. The van der Waals surface area contributed by atoms with Gasteiger partial charge in [-0.15, -0.1) is 0 Å². The van der Waals surface area contributed by atoms with E-state index in [2.05, 4.69) is 12.2 Å². The first-order valence-electron chi connectivity index (χ1n) is 7.52. The maximum absolute atomic E-state index is 12.1. The maximum atomic E-state index is 12.1. The highest BCUT2D eigenvalue weighted by Crippen LogP contribution is 2.33. The van der Waals surface area contributed by atoms with E-state index in [1.54, 1.807) is 25.1 Å². The summed E-state index contributed by atoms with van der Waals surface area (Å²) >= 11 is 2.01. The van der Waals surface area contributed by atoms with Crippen LogP contribution in [0.4, 0.5) is 11.4 Å². The molecule has 0 radical (unpaired) electrons. The molecule has 3 N–H and O–H groups in total. The largest absolute Gasteiger partial charge is 0.397 e. The molecule has 2 rings (SSSR count). The van der Waals surface area contributed by atoms with Crippen molar-refractivity contribution in [3.8, 4) is 0 Å². The maximum Gasteiger partial charge on any atom is 0.253 e. The van der Waals surface area contributed by atoms with E-state index in [-0.39, 0.29) is 5.91 Å². The van der Waals surface area contributed by atoms with Crippen LogP contribution in [0.3, 0.4) is 0 Å². The van der Waals surface area contributed by atoms with E-state index >= 15 is 0 Å². The van der Waals surface area contributed by atoms with Crippen molar-refractivity contribution in [2.24, 2.45) is 0 Å². The summed E-state index contributed by atoms with van der Waals surface area (Å²) in [6.45, 7) is 2.20. The van der Waals surface area contributed by atoms with Gasteiger partial charge < -0.3 is 16.0 Å². The second-order valence-corrected chi connectivity index (χ2v) is 7.19. The molecule has 0 aliphatic heterocycles. The van der Waals surface area contributed by atoms with Crippen LogP contribution in [0, 0.1) is 0 Å². The highest BCUT2D eigenvalue weighted by Gasteiger charge is 2.27. The van der Waals surface area contributed by atoms with E-state index < -0.39 is 0 Å². The van der Waals surface area contributed by atoms with Crippen LogP contribution in [0.15, 0.2) is 18.2 Å². The Hall–Kier alpha value is -1.36. The number of amides is 1. The lowest BCUT2D eigenvalue weighted by Gasteiger charge is -2.23. The highest BCUT2D eigenvalue weighted by molar-refractivity contribution is 7.99. The molecule has 21 heavy (non-hydrogen) atoms. The summed E-state index contributed by atoms with van der Waals surface area (Å²) < 4.78 is 0. The van der Waals surface area contributed by atoms with Crippen molar-refractivity contribution in [3.05, 3.63) is 23.8 Å². The summed E-state index contributed by atoms with van der Waals surface area (Å²) in [5, 5.41) is 4.20. The van der Waals surface area contributed by atoms with Crippen molar-refractivity contribution < 1.29 is 4.79 Å². The molecule has 0 spiro atoms. The van der Waals surface area contributed by atoms with Crippen molar-refractivity contribution in [2.45, 2.75) is 37.5 Å². The molecular weight excluding hydrogens is 282 g/mol. The van der Waals surface area contributed by atoms with Crippen molar-refractivity contribution in [3.63, 3.8) is 0 Å². The van der Waals surface area contributed by atoms with Crippen LogP contribution in [0.5, 0.6) is 0 Å². The van der Waals surface area contributed by atoms with Crippen LogP contribution in [0.25, 0.3) is 0 Å². The number of benzene rings is 1. The van der Waals surface area contributed by atoms with Gasteiger partial charge in [-0.2, -0.15) is 11.8 Å². The number of anilines is 2. The average Bonchev–Trinajstić information content (AvgIpc) is 2.88. The van der Waals surface area contributed by atoms with Crippen LogP contribution in [0.2, 0.25) is 0 Å². The van der Waals surface area contributed by atoms with Gasteiger partial charge in [0.25, 0.3) is 5.91 Å². The Balaban J connectivity index is 2.15. The third-order valence-corrected chi connectivity index (χ3v) is 5.21. The van der Waals surface area contributed by atoms with Gasteiger partial charge in [0.15, 0.2) is 0 Å². The Kier molecular flexibility index (Phi) is 5.39. The number of hydrogen-bond donors (Lipinski definition) is 2. The summed E-state index contributed by atoms with van der Waals surface area (Å²) in [5.41, 5.74) is 8.34. The lowest BCUT2D eigenvalue weighted by Crippen LogP contribution is -2.27. The molecule has 1 amide bonds. The summed E-state index contributed by atoms with van der Waals surface area (Å²) in [4.78, 5) is 13.6. The molecule has 2 unspecified atom stereocenters. The molecule has 5 heteroatoms. The number of carbonyl (C=O) groups excluding carboxylic acids is 1. The summed E-state index contributed by atoms with van der Waals surface area (Å²) in [6, 6.07) is 5.93. The zero-order valence-corrected chi connectivity index (χ0v) is 13.9. The van der Waals surface area contributed by atoms with E-state index in [9.17, 15) is 4.79 Å². The SMILES string of the molecule is CCSC1CCCC1Nc1cc(C(=O)N(C)C)ccc1N. The van der Waals surface area contributed by atoms with Crippen molar-refractivity contribution >= 4 is 29.0 Å². The lowest BCUT2D eigenvalue weighted by molar-refractivity contribution is 0.0827. The fourth-order valence-electron chi connectivity index (χ4n) is 2.78. The summed E-state index contributed by atoms with van der Waals surface area (Å²) in [6.07, 6.45) is 3.68. The second-order valence-electron chi connectivity index (χ2n) is 5.68. The predicted molar refractivity (Wildman–Crippen MR) is 92.1 cm³/mol. The van der Waals surface area contributed by atoms with Crippen LogP contribution >= 0.6 is 11.8 Å².